The van der Waals surface area contributed by atoms with Crippen molar-refractivity contribution in [3.63, 3.8) is 0 Å². The van der Waals surface area contributed by atoms with Crippen molar-refractivity contribution in [3.05, 3.63) is 17.0 Å². The van der Waals surface area contributed by atoms with Crippen LogP contribution in [0.2, 0.25) is 0 Å². The second-order valence-corrected chi connectivity index (χ2v) is 9.86. The molecule has 1 atom stereocenters. The summed E-state index contributed by atoms with van der Waals surface area (Å²) in [6, 6.07) is 3.26. The normalized spacial score (nSPS) is 22.2. The summed E-state index contributed by atoms with van der Waals surface area (Å²) in [5.41, 5.74) is 0. The van der Waals surface area contributed by atoms with Crippen LogP contribution in [0.5, 0.6) is 0 Å². The van der Waals surface area contributed by atoms with Crippen LogP contribution in [0.25, 0.3) is 0 Å². The number of carbonyl (C=O) groups is 2. The molecule has 138 valence electrons. The fraction of sp³-hybridized carbons (Fsp3) is 0.625. The van der Waals surface area contributed by atoms with Gasteiger partial charge in [-0.1, -0.05) is 6.42 Å². The number of carbonyl (C=O) groups excluding carboxylic acids is 1. The number of rotatable bonds is 5. The highest BCUT2D eigenvalue weighted by molar-refractivity contribution is 7.91. The number of carboxylic acids is 1. The molecule has 3 rings (SSSR count). The van der Waals surface area contributed by atoms with Gasteiger partial charge >= 0.3 is 5.97 Å². The Labute approximate surface area is 151 Å². The van der Waals surface area contributed by atoms with E-state index >= 15 is 0 Å². The average molecular weight is 386 g/mol. The van der Waals surface area contributed by atoms with Gasteiger partial charge in [-0.05, 0) is 31.4 Å². The summed E-state index contributed by atoms with van der Waals surface area (Å²) in [4.78, 5) is 25.6. The van der Waals surface area contributed by atoms with Crippen LogP contribution in [0.3, 0.4) is 0 Å². The van der Waals surface area contributed by atoms with Crippen LogP contribution in [0.1, 0.15) is 30.6 Å². The molecular weight excluding hydrogens is 364 g/mol. The van der Waals surface area contributed by atoms with Gasteiger partial charge in [0.05, 0.1) is 12.3 Å². The lowest BCUT2D eigenvalue weighted by Crippen LogP contribution is -2.35. The fourth-order valence-corrected chi connectivity index (χ4v) is 6.29. The summed E-state index contributed by atoms with van der Waals surface area (Å²) in [6.45, 7) is 1.79. The van der Waals surface area contributed by atoms with E-state index in [2.05, 4.69) is 0 Å². The lowest BCUT2D eigenvalue weighted by Gasteiger charge is -2.25. The Kier molecular flexibility index (Phi) is 5.45. The molecule has 0 radical (unpaired) electrons. The summed E-state index contributed by atoms with van der Waals surface area (Å²) in [7, 11) is -3.47. The molecule has 1 amide bonds. The number of piperidine rings is 1. The summed E-state index contributed by atoms with van der Waals surface area (Å²) in [6.07, 6.45) is 3.42. The van der Waals surface area contributed by atoms with Crippen molar-refractivity contribution < 1.29 is 23.1 Å². The highest BCUT2D eigenvalue weighted by Gasteiger charge is 2.31. The lowest BCUT2D eigenvalue weighted by atomic mass is 10.1. The van der Waals surface area contributed by atoms with Gasteiger partial charge in [-0.15, -0.1) is 11.3 Å². The van der Waals surface area contributed by atoms with Gasteiger partial charge < -0.3 is 10.0 Å². The molecule has 7 nitrogen and oxygen atoms in total. The molecular formula is C16H22N2O5S2. The smallest absolute Gasteiger partial charge is 0.308 e. The van der Waals surface area contributed by atoms with E-state index in [4.69, 9.17) is 5.11 Å². The first-order chi connectivity index (χ1) is 11.9. The van der Waals surface area contributed by atoms with Crippen molar-refractivity contribution in [2.45, 2.75) is 36.3 Å². The number of amides is 1. The highest BCUT2D eigenvalue weighted by atomic mass is 32.2. The molecule has 1 aromatic rings. The van der Waals surface area contributed by atoms with Gasteiger partial charge in [0.2, 0.25) is 5.91 Å². The lowest BCUT2D eigenvalue weighted by molar-refractivity contribution is -0.141. The molecule has 0 aliphatic carbocycles. The fourth-order valence-electron chi connectivity index (χ4n) is 3.27. The zero-order valence-corrected chi connectivity index (χ0v) is 15.5. The third kappa shape index (κ3) is 4.04. The van der Waals surface area contributed by atoms with E-state index in [-0.39, 0.29) is 23.1 Å². The predicted octanol–water partition coefficient (Wildman–Crippen LogP) is 1.40. The molecule has 2 fully saturated rings. The van der Waals surface area contributed by atoms with E-state index < -0.39 is 21.9 Å². The monoisotopic (exact) mass is 386 g/mol. The second kappa shape index (κ2) is 7.43. The van der Waals surface area contributed by atoms with Crippen LogP contribution in [0.15, 0.2) is 16.3 Å². The Hall–Kier alpha value is -1.45. The van der Waals surface area contributed by atoms with Gasteiger partial charge in [0.1, 0.15) is 4.21 Å². The Morgan fingerprint density at radius 3 is 2.52 bits per heavy atom. The van der Waals surface area contributed by atoms with Crippen LogP contribution in [-0.4, -0.2) is 60.8 Å². The van der Waals surface area contributed by atoms with Gasteiger partial charge in [-0.25, -0.2) is 8.42 Å². The van der Waals surface area contributed by atoms with Gasteiger partial charge in [-0.2, -0.15) is 4.31 Å². The third-order valence-electron chi connectivity index (χ3n) is 4.76. The molecule has 2 saturated heterocycles. The number of aliphatic carboxylic acids is 1. The summed E-state index contributed by atoms with van der Waals surface area (Å²) in [5, 5.41) is 9.01. The van der Waals surface area contributed by atoms with Gasteiger partial charge in [0.25, 0.3) is 10.0 Å². The maximum atomic E-state index is 12.6. The maximum Gasteiger partial charge on any atom is 0.308 e. The van der Waals surface area contributed by atoms with Crippen molar-refractivity contribution in [2.24, 2.45) is 5.92 Å². The maximum absolute atomic E-state index is 12.6. The van der Waals surface area contributed by atoms with Crippen LogP contribution < -0.4 is 0 Å². The Morgan fingerprint density at radius 1 is 1.16 bits per heavy atom. The third-order valence-corrected chi connectivity index (χ3v) is 8.21. The highest BCUT2D eigenvalue weighted by Crippen LogP contribution is 2.28. The molecule has 2 aliphatic heterocycles. The minimum atomic E-state index is -3.47. The summed E-state index contributed by atoms with van der Waals surface area (Å²) in [5.74, 6) is -1.52. The van der Waals surface area contributed by atoms with E-state index in [1.54, 1.807) is 17.0 Å². The standard InChI is InChI=1S/C16H22N2O5S2/c19-14(17-9-6-12(11-17)16(20)21)10-13-4-5-15(24-13)25(22,23)18-7-2-1-3-8-18/h4-5,12H,1-3,6-11H2,(H,20,21). The SMILES string of the molecule is O=C(O)C1CCN(C(=O)Cc2ccc(S(=O)(=O)N3CCCCC3)s2)C1. The Bertz CT molecular complexity index is 752. The minimum absolute atomic E-state index is 0.118. The van der Waals surface area contributed by atoms with Crippen LogP contribution >= 0.6 is 11.3 Å². The van der Waals surface area contributed by atoms with E-state index in [1.165, 1.54) is 4.31 Å². The number of sulfonamides is 1. The second-order valence-electron chi connectivity index (χ2n) is 6.53. The van der Waals surface area contributed by atoms with Crippen molar-refractivity contribution in [1.82, 2.24) is 9.21 Å². The Morgan fingerprint density at radius 2 is 1.88 bits per heavy atom. The molecule has 0 bridgehead atoms. The van der Waals surface area contributed by atoms with E-state index in [0.717, 1.165) is 30.6 Å². The number of hydrogen-bond acceptors (Lipinski definition) is 5. The quantitative estimate of drug-likeness (QED) is 0.825. The van der Waals surface area contributed by atoms with Crippen LogP contribution in [0.4, 0.5) is 0 Å². The predicted molar refractivity (Wildman–Crippen MR) is 93.0 cm³/mol. The first-order valence-electron chi connectivity index (χ1n) is 8.47. The molecule has 1 unspecified atom stereocenters. The molecule has 0 saturated carbocycles. The number of hydrogen-bond donors (Lipinski definition) is 1. The first kappa shape index (κ1) is 18.3. The summed E-state index contributed by atoms with van der Waals surface area (Å²) >= 11 is 1.13. The van der Waals surface area contributed by atoms with E-state index in [9.17, 15) is 18.0 Å². The number of likely N-dealkylation sites (tertiary alicyclic amines) is 1. The summed E-state index contributed by atoms with van der Waals surface area (Å²) < 4.78 is 27.1. The van der Waals surface area contributed by atoms with Crippen LogP contribution in [0, 0.1) is 5.92 Å². The van der Waals surface area contributed by atoms with E-state index in [0.29, 0.717) is 30.9 Å². The molecule has 25 heavy (non-hydrogen) atoms. The molecule has 1 aromatic heterocycles. The average Bonchev–Trinajstić information content (AvgIpc) is 3.25. The molecule has 0 aromatic carbocycles. The Balaban J connectivity index is 1.63. The molecule has 3 heterocycles. The van der Waals surface area contributed by atoms with E-state index in [1.807, 2.05) is 0 Å². The largest absolute Gasteiger partial charge is 0.481 e. The van der Waals surface area contributed by atoms with Crippen LogP contribution in [-0.2, 0) is 26.0 Å². The zero-order valence-electron chi connectivity index (χ0n) is 13.9. The molecule has 9 heteroatoms. The first-order valence-corrected chi connectivity index (χ1v) is 10.7. The zero-order chi connectivity index (χ0) is 18.0. The number of thiophene rings is 1. The number of nitrogens with zero attached hydrogens (tertiary/aromatic N) is 2. The number of carboxylic acid groups (broad SMARTS) is 1. The topological polar surface area (TPSA) is 95.0 Å². The minimum Gasteiger partial charge on any atom is -0.481 e. The van der Waals surface area contributed by atoms with Crippen molar-refractivity contribution in [3.8, 4) is 0 Å². The van der Waals surface area contributed by atoms with Crippen molar-refractivity contribution in [1.29, 1.82) is 0 Å². The molecule has 1 N–H and O–H groups in total. The molecule has 2 aliphatic rings. The van der Waals surface area contributed by atoms with Gasteiger partial charge in [-0.3, -0.25) is 9.59 Å². The molecule has 0 spiro atoms. The van der Waals surface area contributed by atoms with Gasteiger partial charge in [0.15, 0.2) is 0 Å². The van der Waals surface area contributed by atoms with Crippen molar-refractivity contribution >= 4 is 33.2 Å². The van der Waals surface area contributed by atoms with Crippen molar-refractivity contribution in [2.75, 3.05) is 26.2 Å². The van der Waals surface area contributed by atoms with Gasteiger partial charge in [0, 0.05) is 31.1 Å².